The van der Waals surface area contributed by atoms with Crippen LogP contribution in [0.15, 0.2) is 30.5 Å². The van der Waals surface area contributed by atoms with Gasteiger partial charge in [0, 0.05) is 31.2 Å². The number of hydrogen-bond acceptors (Lipinski definition) is 5. The third kappa shape index (κ3) is 2.00. The van der Waals surface area contributed by atoms with Gasteiger partial charge in [-0.15, -0.1) is 0 Å². The summed E-state index contributed by atoms with van der Waals surface area (Å²) < 4.78 is 4.15. The maximum atomic E-state index is 12.4. The summed E-state index contributed by atoms with van der Waals surface area (Å²) in [4.78, 5) is 21.5. The summed E-state index contributed by atoms with van der Waals surface area (Å²) in [5.41, 5.74) is 1.58. The van der Waals surface area contributed by atoms with Crippen LogP contribution in [0.2, 0.25) is 0 Å². The number of para-hydroxylation sites is 1. The summed E-state index contributed by atoms with van der Waals surface area (Å²) in [6.45, 7) is 0. The van der Waals surface area contributed by atoms with Gasteiger partial charge >= 0.3 is 0 Å². The van der Waals surface area contributed by atoms with Crippen molar-refractivity contribution in [2.45, 2.75) is 0 Å². The Bertz CT molecular complexity index is 744. The second-order valence-corrected chi connectivity index (χ2v) is 5.12. The molecule has 5 nitrogen and oxygen atoms in total. The van der Waals surface area contributed by atoms with Gasteiger partial charge in [-0.3, -0.25) is 4.79 Å². The first-order valence-electron chi connectivity index (χ1n) is 5.78. The molecule has 0 radical (unpaired) electrons. The van der Waals surface area contributed by atoms with Crippen molar-refractivity contribution in [1.82, 2.24) is 14.3 Å². The average Bonchev–Trinajstić information content (AvgIpc) is 3.05. The fraction of sp³-hybridized carbons (Fsp3) is 0.154. The number of carbonyl (C=O) groups excluding carboxylic acids is 1. The number of ketones is 1. The number of fused-ring (bicyclic) bond motifs is 1. The van der Waals surface area contributed by atoms with E-state index in [1.54, 1.807) is 11.1 Å². The summed E-state index contributed by atoms with van der Waals surface area (Å²) in [5.74, 6) is 0.469. The molecule has 0 aliphatic carbocycles. The van der Waals surface area contributed by atoms with Gasteiger partial charge in [-0.05, 0) is 17.6 Å². The van der Waals surface area contributed by atoms with E-state index < -0.39 is 0 Å². The Morgan fingerprint density at radius 3 is 2.84 bits per heavy atom. The number of nitrogens with zero attached hydrogens (tertiary/aromatic N) is 3. The first-order valence-corrected chi connectivity index (χ1v) is 6.56. The number of anilines is 1. The lowest BCUT2D eigenvalue weighted by molar-refractivity contribution is 0.104. The van der Waals surface area contributed by atoms with Crippen LogP contribution in [0.4, 0.5) is 5.95 Å². The number of hydrogen-bond donors (Lipinski definition) is 1. The van der Waals surface area contributed by atoms with Crippen molar-refractivity contribution in [3.63, 3.8) is 0 Å². The summed E-state index contributed by atoms with van der Waals surface area (Å²) in [5, 5.41) is 1.32. The molecule has 0 bridgehead atoms. The molecule has 2 heterocycles. The summed E-state index contributed by atoms with van der Waals surface area (Å²) in [6.07, 6.45) is 1.73. The lowest BCUT2D eigenvalue weighted by Crippen LogP contribution is -2.10. The highest BCUT2D eigenvalue weighted by Gasteiger charge is 2.18. The van der Waals surface area contributed by atoms with Crippen LogP contribution in [0, 0.1) is 0 Å². The van der Waals surface area contributed by atoms with Gasteiger partial charge in [0.05, 0.1) is 5.56 Å². The van der Waals surface area contributed by atoms with Crippen LogP contribution < -0.4 is 4.90 Å². The van der Waals surface area contributed by atoms with E-state index in [1.165, 1.54) is 0 Å². The predicted molar refractivity (Wildman–Crippen MR) is 76.0 cm³/mol. The number of H-pyrrole nitrogens is 1. The molecule has 0 unspecified atom stereocenters. The molecule has 0 saturated heterocycles. The van der Waals surface area contributed by atoms with Crippen LogP contribution in [-0.4, -0.2) is 34.2 Å². The molecule has 0 aliphatic rings. The lowest BCUT2D eigenvalue weighted by atomic mass is 10.1. The number of benzene rings is 1. The van der Waals surface area contributed by atoms with Crippen LogP contribution in [-0.2, 0) is 0 Å². The smallest absolute Gasteiger partial charge is 0.237 e. The predicted octanol–water partition coefficient (Wildman–Crippen LogP) is 2.32. The molecule has 6 heteroatoms. The Labute approximate surface area is 114 Å². The van der Waals surface area contributed by atoms with Crippen molar-refractivity contribution in [1.29, 1.82) is 0 Å². The highest BCUT2D eigenvalue weighted by atomic mass is 32.1. The summed E-state index contributed by atoms with van der Waals surface area (Å²) in [6, 6.07) is 7.71. The number of carbonyl (C=O) groups is 1. The fourth-order valence-electron chi connectivity index (χ4n) is 1.86. The van der Waals surface area contributed by atoms with Crippen molar-refractivity contribution >= 4 is 34.2 Å². The van der Waals surface area contributed by atoms with E-state index in [0.717, 1.165) is 22.4 Å². The molecule has 1 aromatic carbocycles. The van der Waals surface area contributed by atoms with E-state index in [2.05, 4.69) is 14.3 Å². The molecule has 0 spiro atoms. The Balaban J connectivity index is 2.03. The first-order chi connectivity index (χ1) is 9.16. The molecular weight excluding hydrogens is 260 g/mol. The zero-order valence-corrected chi connectivity index (χ0v) is 11.4. The van der Waals surface area contributed by atoms with Crippen molar-refractivity contribution in [2.75, 3.05) is 19.0 Å². The standard InChI is InChI=1S/C13H12N4OS/c1-17(2)13-15-12(19-16-13)11(18)9-7-14-10-6-4-3-5-8(9)10/h3-7,14H,1-2H3. The third-order valence-corrected chi connectivity index (χ3v) is 3.55. The Hall–Kier alpha value is -2.21. The lowest BCUT2D eigenvalue weighted by Gasteiger charge is -2.03. The van der Waals surface area contributed by atoms with Crippen LogP contribution in [0.5, 0.6) is 0 Å². The molecule has 3 rings (SSSR count). The third-order valence-electron chi connectivity index (χ3n) is 2.84. The molecule has 0 aliphatic heterocycles. The molecular formula is C13H12N4OS. The molecule has 2 aromatic heterocycles. The Morgan fingerprint density at radius 2 is 2.11 bits per heavy atom. The van der Waals surface area contributed by atoms with Crippen molar-refractivity contribution < 1.29 is 4.79 Å². The highest BCUT2D eigenvalue weighted by Crippen LogP contribution is 2.22. The Morgan fingerprint density at radius 1 is 1.32 bits per heavy atom. The summed E-state index contributed by atoms with van der Waals surface area (Å²) >= 11 is 1.13. The number of nitrogens with one attached hydrogen (secondary N) is 1. The minimum absolute atomic E-state index is 0.0944. The van der Waals surface area contributed by atoms with Gasteiger partial charge < -0.3 is 9.88 Å². The monoisotopic (exact) mass is 272 g/mol. The number of aromatic nitrogens is 3. The second-order valence-electron chi connectivity index (χ2n) is 4.37. The van der Waals surface area contributed by atoms with E-state index >= 15 is 0 Å². The minimum atomic E-state index is -0.0944. The Kier molecular flexibility index (Phi) is 2.79. The maximum Gasteiger partial charge on any atom is 0.237 e. The van der Waals surface area contributed by atoms with Crippen LogP contribution in [0.25, 0.3) is 10.9 Å². The van der Waals surface area contributed by atoms with Crippen molar-refractivity contribution in [2.24, 2.45) is 0 Å². The molecule has 0 fully saturated rings. The largest absolute Gasteiger partial charge is 0.360 e. The van der Waals surface area contributed by atoms with E-state index in [1.807, 2.05) is 38.4 Å². The molecule has 19 heavy (non-hydrogen) atoms. The van der Waals surface area contributed by atoms with Gasteiger partial charge in [-0.1, -0.05) is 18.2 Å². The van der Waals surface area contributed by atoms with Gasteiger partial charge in [0.1, 0.15) is 0 Å². The van der Waals surface area contributed by atoms with E-state index in [0.29, 0.717) is 16.5 Å². The first kappa shape index (κ1) is 11.9. The van der Waals surface area contributed by atoms with Gasteiger partial charge in [0.15, 0.2) is 5.01 Å². The van der Waals surface area contributed by atoms with Gasteiger partial charge in [0.25, 0.3) is 0 Å². The van der Waals surface area contributed by atoms with E-state index in [4.69, 9.17) is 0 Å². The highest BCUT2D eigenvalue weighted by molar-refractivity contribution is 7.08. The summed E-state index contributed by atoms with van der Waals surface area (Å²) in [7, 11) is 3.70. The van der Waals surface area contributed by atoms with Crippen LogP contribution in [0.1, 0.15) is 15.4 Å². The quantitative estimate of drug-likeness (QED) is 0.743. The second kappa shape index (κ2) is 4.47. The molecule has 3 aromatic rings. The van der Waals surface area contributed by atoms with Gasteiger partial charge in [-0.2, -0.15) is 9.36 Å². The van der Waals surface area contributed by atoms with E-state index in [9.17, 15) is 4.79 Å². The molecule has 96 valence electrons. The van der Waals surface area contributed by atoms with Crippen LogP contribution >= 0.6 is 11.5 Å². The van der Waals surface area contributed by atoms with Gasteiger partial charge in [0.2, 0.25) is 11.7 Å². The zero-order chi connectivity index (χ0) is 13.4. The van der Waals surface area contributed by atoms with Crippen molar-refractivity contribution in [3.05, 3.63) is 41.0 Å². The van der Waals surface area contributed by atoms with Crippen LogP contribution in [0.3, 0.4) is 0 Å². The number of rotatable bonds is 3. The fourth-order valence-corrected chi connectivity index (χ4v) is 2.55. The molecule has 0 saturated carbocycles. The average molecular weight is 272 g/mol. The normalized spacial score (nSPS) is 10.8. The number of aromatic amines is 1. The zero-order valence-electron chi connectivity index (χ0n) is 10.5. The SMILES string of the molecule is CN(C)c1nsc(C(=O)c2c[nH]c3ccccc23)n1. The van der Waals surface area contributed by atoms with Gasteiger partial charge in [-0.25, -0.2) is 0 Å². The minimum Gasteiger partial charge on any atom is -0.360 e. The van der Waals surface area contributed by atoms with E-state index in [-0.39, 0.29) is 5.78 Å². The van der Waals surface area contributed by atoms with Crippen molar-refractivity contribution in [3.8, 4) is 0 Å². The maximum absolute atomic E-state index is 12.4. The topological polar surface area (TPSA) is 61.9 Å². The molecule has 1 N–H and O–H groups in total. The molecule has 0 atom stereocenters. The molecule has 0 amide bonds.